The smallest absolute Gasteiger partial charge is 0.254 e. The summed E-state index contributed by atoms with van der Waals surface area (Å²) in [5.74, 6) is 1.83. The van der Waals surface area contributed by atoms with Gasteiger partial charge in [0.2, 0.25) is 0 Å². The van der Waals surface area contributed by atoms with Gasteiger partial charge in [-0.1, -0.05) is 12.1 Å². The molecule has 178 valence electrons. The molecule has 1 amide bonds. The number of hydrogen-bond donors (Lipinski definition) is 0. The summed E-state index contributed by atoms with van der Waals surface area (Å²) in [5, 5.41) is 0. The van der Waals surface area contributed by atoms with E-state index >= 15 is 0 Å². The monoisotopic (exact) mass is 451 g/mol. The minimum absolute atomic E-state index is 0.0763. The lowest BCUT2D eigenvalue weighted by Crippen LogP contribution is -2.49. The zero-order valence-electron chi connectivity index (χ0n) is 20.5. The van der Waals surface area contributed by atoms with Gasteiger partial charge in [0.15, 0.2) is 0 Å². The van der Waals surface area contributed by atoms with Crippen molar-refractivity contribution in [1.29, 1.82) is 0 Å². The Kier molecular flexibility index (Phi) is 7.50. The third-order valence-corrected chi connectivity index (χ3v) is 7.13. The van der Waals surface area contributed by atoms with Crippen molar-refractivity contribution >= 4 is 11.7 Å². The molecule has 2 aromatic rings. The first-order chi connectivity index (χ1) is 16.0. The molecule has 7 heteroatoms. The van der Waals surface area contributed by atoms with Gasteiger partial charge < -0.3 is 19.4 Å². The van der Waals surface area contributed by atoms with Crippen LogP contribution in [0.15, 0.2) is 36.5 Å². The molecule has 0 aliphatic carbocycles. The fraction of sp³-hybridized carbons (Fsp3) is 0.538. The number of carbonyl (C=O) groups is 1. The topological polar surface area (TPSA) is 52.2 Å². The molecule has 4 rings (SSSR count). The molecule has 7 nitrogen and oxygen atoms in total. The number of rotatable bonds is 6. The molecule has 0 N–H and O–H groups in total. The maximum atomic E-state index is 13.1. The molecular weight excluding hydrogens is 414 g/mol. The Hall–Kier alpha value is -2.64. The van der Waals surface area contributed by atoms with Crippen molar-refractivity contribution in [2.45, 2.75) is 32.4 Å². The zero-order chi connectivity index (χ0) is 23.4. The van der Waals surface area contributed by atoms with Gasteiger partial charge in [0.25, 0.3) is 5.91 Å². The number of aromatic nitrogens is 1. The van der Waals surface area contributed by atoms with E-state index in [1.807, 2.05) is 36.2 Å². The lowest BCUT2D eigenvalue weighted by molar-refractivity contribution is 0.0745. The van der Waals surface area contributed by atoms with Gasteiger partial charge in [-0.3, -0.25) is 9.69 Å². The molecule has 3 heterocycles. The van der Waals surface area contributed by atoms with E-state index in [1.54, 1.807) is 7.11 Å². The third kappa shape index (κ3) is 5.47. The quantitative estimate of drug-likeness (QED) is 0.673. The highest BCUT2D eigenvalue weighted by Gasteiger charge is 2.25. The maximum absolute atomic E-state index is 13.1. The number of benzene rings is 1. The van der Waals surface area contributed by atoms with Crippen LogP contribution in [0.25, 0.3) is 0 Å². The highest BCUT2D eigenvalue weighted by atomic mass is 16.5. The van der Waals surface area contributed by atoms with Gasteiger partial charge >= 0.3 is 0 Å². The first-order valence-corrected chi connectivity index (χ1v) is 12.0. The molecular formula is C26H37N5O2. The van der Waals surface area contributed by atoms with Crippen LogP contribution >= 0.6 is 0 Å². The van der Waals surface area contributed by atoms with Crippen molar-refractivity contribution in [3.05, 3.63) is 53.2 Å². The van der Waals surface area contributed by atoms with Gasteiger partial charge in [-0.15, -0.1) is 0 Å². The van der Waals surface area contributed by atoms with Crippen LogP contribution in [-0.4, -0.2) is 92.1 Å². The third-order valence-electron chi connectivity index (χ3n) is 7.13. The van der Waals surface area contributed by atoms with Crippen molar-refractivity contribution < 1.29 is 9.53 Å². The average molecular weight is 452 g/mol. The fourth-order valence-electron chi connectivity index (χ4n) is 4.93. The van der Waals surface area contributed by atoms with Gasteiger partial charge in [0.05, 0.1) is 7.11 Å². The van der Waals surface area contributed by atoms with Crippen molar-refractivity contribution in [1.82, 2.24) is 19.7 Å². The van der Waals surface area contributed by atoms with Crippen molar-refractivity contribution in [3.8, 4) is 5.75 Å². The van der Waals surface area contributed by atoms with E-state index in [4.69, 9.17) is 9.72 Å². The standard InChI is InChI=1S/C26H37N5O2/c1-20-23(6-5-7-24(20)33-4)26(32)31-16-14-30(15-17-31)25-9-8-21(18-27-25)19-29-12-10-22(11-13-29)28(2)3/h5-9,18,22H,10-17,19H2,1-4H3. The Bertz CT molecular complexity index is 930. The summed E-state index contributed by atoms with van der Waals surface area (Å²) in [6.45, 7) is 8.17. The van der Waals surface area contributed by atoms with E-state index in [2.05, 4.69) is 40.9 Å². The lowest BCUT2D eigenvalue weighted by Gasteiger charge is -2.36. The minimum atomic E-state index is 0.0763. The number of amides is 1. The van der Waals surface area contributed by atoms with Crippen molar-refractivity contribution in [3.63, 3.8) is 0 Å². The van der Waals surface area contributed by atoms with Crippen LogP contribution in [0.3, 0.4) is 0 Å². The second-order valence-electron chi connectivity index (χ2n) is 9.41. The van der Waals surface area contributed by atoms with Crippen LogP contribution in [0.2, 0.25) is 0 Å². The van der Waals surface area contributed by atoms with Crippen LogP contribution in [0, 0.1) is 6.92 Å². The Morgan fingerprint density at radius 1 is 1.06 bits per heavy atom. The Morgan fingerprint density at radius 2 is 1.79 bits per heavy atom. The van der Waals surface area contributed by atoms with Crippen molar-refractivity contribution in [2.24, 2.45) is 0 Å². The van der Waals surface area contributed by atoms with Crippen LogP contribution in [0.4, 0.5) is 5.82 Å². The largest absolute Gasteiger partial charge is 0.496 e. The summed E-state index contributed by atoms with van der Waals surface area (Å²) in [4.78, 5) is 26.9. The van der Waals surface area contributed by atoms with Crippen LogP contribution in [0.5, 0.6) is 5.75 Å². The van der Waals surface area contributed by atoms with E-state index in [0.717, 1.165) is 55.4 Å². The number of nitrogens with zero attached hydrogens (tertiary/aromatic N) is 5. The molecule has 0 atom stereocenters. The van der Waals surface area contributed by atoms with Crippen LogP contribution in [0.1, 0.15) is 34.3 Å². The number of ether oxygens (including phenoxy) is 1. The Morgan fingerprint density at radius 3 is 2.39 bits per heavy atom. The first kappa shape index (κ1) is 23.5. The van der Waals surface area contributed by atoms with Gasteiger partial charge in [-0.05, 0) is 70.7 Å². The Labute approximate surface area is 197 Å². The average Bonchev–Trinajstić information content (AvgIpc) is 2.85. The highest BCUT2D eigenvalue weighted by Crippen LogP contribution is 2.23. The molecule has 2 fully saturated rings. The second-order valence-corrected chi connectivity index (χ2v) is 9.41. The number of likely N-dealkylation sites (tertiary alicyclic amines) is 1. The minimum Gasteiger partial charge on any atom is -0.496 e. The Balaban J connectivity index is 1.29. The SMILES string of the molecule is COc1cccc(C(=O)N2CCN(c3ccc(CN4CCC(N(C)C)CC4)cn3)CC2)c1C. The molecule has 0 unspecified atom stereocenters. The van der Waals surface area contributed by atoms with Crippen molar-refractivity contribution in [2.75, 3.05) is 65.4 Å². The van der Waals surface area contributed by atoms with E-state index in [9.17, 15) is 4.79 Å². The molecule has 0 radical (unpaired) electrons. The number of anilines is 1. The molecule has 0 saturated carbocycles. The van der Waals surface area contributed by atoms with Crippen LogP contribution in [-0.2, 0) is 6.54 Å². The summed E-state index contributed by atoms with van der Waals surface area (Å²) in [6, 6.07) is 10.7. The summed E-state index contributed by atoms with van der Waals surface area (Å²) in [5.41, 5.74) is 2.89. The number of piperazine rings is 1. The summed E-state index contributed by atoms with van der Waals surface area (Å²) in [7, 11) is 6.00. The van der Waals surface area contributed by atoms with E-state index in [0.29, 0.717) is 19.1 Å². The molecule has 2 saturated heterocycles. The lowest BCUT2D eigenvalue weighted by atomic mass is 10.0. The molecule has 1 aromatic heterocycles. The van der Waals surface area contributed by atoms with E-state index in [-0.39, 0.29) is 5.91 Å². The number of carbonyl (C=O) groups excluding carboxylic acids is 1. The number of piperidine rings is 1. The highest BCUT2D eigenvalue weighted by molar-refractivity contribution is 5.96. The maximum Gasteiger partial charge on any atom is 0.254 e. The van der Waals surface area contributed by atoms with Gasteiger partial charge in [0.1, 0.15) is 11.6 Å². The van der Waals surface area contributed by atoms with Crippen LogP contribution < -0.4 is 9.64 Å². The predicted octanol–water partition coefficient (Wildman–Crippen LogP) is 2.89. The summed E-state index contributed by atoms with van der Waals surface area (Å²) < 4.78 is 5.38. The number of pyridine rings is 1. The molecule has 0 spiro atoms. The van der Waals surface area contributed by atoms with E-state index < -0.39 is 0 Å². The second kappa shape index (κ2) is 10.5. The zero-order valence-corrected chi connectivity index (χ0v) is 20.5. The molecule has 2 aliphatic heterocycles. The summed E-state index contributed by atoms with van der Waals surface area (Å²) >= 11 is 0. The number of hydrogen-bond acceptors (Lipinski definition) is 6. The van der Waals surface area contributed by atoms with Gasteiger partial charge in [-0.2, -0.15) is 0 Å². The first-order valence-electron chi connectivity index (χ1n) is 12.0. The number of methoxy groups -OCH3 is 1. The molecule has 33 heavy (non-hydrogen) atoms. The molecule has 2 aliphatic rings. The normalized spacial score (nSPS) is 18.1. The van der Waals surface area contributed by atoms with Gasteiger partial charge in [0, 0.05) is 56.1 Å². The van der Waals surface area contributed by atoms with Gasteiger partial charge in [-0.25, -0.2) is 4.98 Å². The predicted molar refractivity (Wildman–Crippen MR) is 132 cm³/mol. The fourth-order valence-corrected chi connectivity index (χ4v) is 4.93. The van der Waals surface area contributed by atoms with E-state index in [1.165, 1.54) is 18.4 Å². The molecule has 1 aromatic carbocycles. The summed E-state index contributed by atoms with van der Waals surface area (Å²) in [6.07, 6.45) is 4.48. The molecule has 0 bridgehead atoms.